The summed E-state index contributed by atoms with van der Waals surface area (Å²) in [5, 5.41) is 14.6. The van der Waals surface area contributed by atoms with E-state index < -0.39 is 11.5 Å². The Labute approximate surface area is 303 Å². The van der Waals surface area contributed by atoms with Gasteiger partial charge in [-0.05, 0) is 52.4 Å². The van der Waals surface area contributed by atoms with Crippen LogP contribution in [0.3, 0.4) is 0 Å². The zero-order chi connectivity index (χ0) is 35.9. The van der Waals surface area contributed by atoms with Gasteiger partial charge in [-0.3, -0.25) is 4.98 Å². The van der Waals surface area contributed by atoms with Gasteiger partial charge in [0, 0.05) is 17.3 Å². The molecule has 0 fully saturated rings. The third-order valence-electron chi connectivity index (χ3n) is 8.94. The van der Waals surface area contributed by atoms with Crippen LogP contribution < -0.4 is 4.74 Å². The highest BCUT2D eigenvalue weighted by molar-refractivity contribution is 5.93. The van der Waals surface area contributed by atoms with Crippen molar-refractivity contribution in [1.82, 2.24) is 25.2 Å². The first-order valence-electron chi connectivity index (χ1n) is 17.0. The summed E-state index contributed by atoms with van der Waals surface area (Å²) in [6.07, 6.45) is 1.53. The van der Waals surface area contributed by atoms with Crippen molar-refractivity contribution in [2.75, 3.05) is 6.61 Å². The minimum atomic E-state index is -0.875. The number of hydrogen-bond donors (Lipinski definition) is 0. The van der Waals surface area contributed by atoms with E-state index in [4.69, 9.17) is 19.8 Å². The van der Waals surface area contributed by atoms with E-state index in [1.165, 1.54) is 6.08 Å². The van der Waals surface area contributed by atoms with Crippen LogP contribution in [0.4, 0.5) is 0 Å². The zero-order valence-electron chi connectivity index (χ0n) is 29.0. The van der Waals surface area contributed by atoms with Crippen LogP contribution in [0.15, 0.2) is 158 Å². The highest BCUT2D eigenvalue weighted by Gasteiger charge is 2.41. The van der Waals surface area contributed by atoms with Gasteiger partial charge in [-0.15, -0.1) is 15.0 Å². The fourth-order valence-corrected chi connectivity index (χ4v) is 6.58. The van der Waals surface area contributed by atoms with Crippen LogP contribution >= 0.6 is 0 Å². The lowest BCUT2D eigenvalue weighted by Crippen LogP contribution is -2.39. The van der Waals surface area contributed by atoms with Gasteiger partial charge < -0.3 is 9.47 Å². The summed E-state index contributed by atoms with van der Waals surface area (Å²) in [6, 6.07) is 48.8. The molecule has 2 heterocycles. The van der Waals surface area contributed by atoms with E-state index in [1.54, 1.807) is 17.8 Å². The maximum absolute atomic E-state index is 12.8. The second-order valence-corrected chi connectivity index (χ2v) is 12.4. The van der Waals surface area contributed by atoms with Crippen molar-refractivity contribution >= 4 is 5.97 Å². The lowest BCUT2D eigenvalue weighted by Gasteiger charge is -2.34. The molecule has 52 heavy (non-hydrogen) atoms. The summed E-state index contributed by atoms with van der Waals surface area (Å²) in [4.78, 5) is 19.0. The molecule has 8 nitrogen and oxygen atoms in total. The van der Waals surface area contributed by atoms with Crippen LogP contribution in [0, 0.1) is 13.8 Å². The van der Waals surface area contributed by atoms with Gasteiger partial charge in [-0.1, -0.05) is 152 Å². The number of rotatable bonds is 12. The molecule has 0 spiro atoms. The highest BCUT2D eigenvalue weighted by atomic mass is 16.5. The van der Waals surface area contributed by atoms with Gasteiger partial charge in [0.15, 0.2) is 5.54 Å². The highest BCUT2D eigenvalue weighted by Crippen LogP contribution is 2.40. The molecule has 0 aliphatic heterocycles. The fraction of sp³-hybridized carbons (Fsp3) is 0.114. The number of pyridine rings is 1. The van der Waals surface area contributed by atoms with E-state index in [-0.39, 0.29) is 13.2 Å². The number of carbonyl (C=O) groups excluding carboxylic acids is 1. The van der Waals surface area contributed by atoms with Gasteiger partial charge in [0.2, 0.25) is 5.82 Å². The monoisotopic (exact) mass is 683 g/mol. The van der Waals surface area contributed by atoms with Crippen molar-refractivity contribution in [1.29, 1.82) is 0 Å². The Morgan fingerprint density at radius 1 is 0.750 bits per heavy atom. The number of tetrazole rings is 1. The minimum absolute atomic E-state index is 0.105. The van der Waals surface area contributed by atoms with Crippen molar-refractivity contribution in [2.24, 2.45) is 0 Å². The third-order valence-corrected chi connectivity index (χ3v) is 8.94. The minimum Gasteiger partial charge on any atom is -0.488 e. The molecule has 8 heteroatoms. The Bertz CT molecular complexity index is 2210. The van der Waals surface area contributed by atoms with Gasteiger partial charge in [0.1, 0.15) is 24.5 Å². The normalized spacial score (nSPS) is 11.2. The second kappa shape index (κ2) is 15.1. The molecule has 0 radical (unpaired) electrons. The van der Waals surface area contributed by atoms with Crippen molar-refractivity contribution in [3.63, 3.8) is 0 Å². The Balaban J connectivity index is 1.22. The summed E-state index contributed by atoms with van der Waals surface area (Å²) < 4.78 is 11.5. The smallest absolute Gasteiger partial charge is 0.344 e. The number of benzene rings is 5. The van der Waals surface area contributed by atoms with E-state index in [9.17, 15) is 4.79 Å². The summed E-state index contributed by atoms with van der Waals surface area (Å²) >= 11 is 0. The summed E-state index contributed by atoms with van der Waals surface area (Å²) in [5.41, 5.74) is 7.52. The summed E-state index contributed by atoms with van der Waals surface area (Å²) in [6.45, 7) is 7.62. The number of carbonyl (C=O) groups is 1. The second-order valence-electron chi connectivity index (χ2n) is 12.4. The third kappa shape index (κ3) is 6.62. The van der Waals surface area contributed by atoms with Gasteiger partial charge in [-0.25, -0.2) is 4.79 Å². The first-order chi connectivity index (χ1) is 25.5. The predicted octanol–water partition coefficient (Wildman–Crippen LogP) is 8.78. The number of ether oxygens (including phenoxy) is 2. The largest absolute Gasteiger partial charge is 0.488 e. The molecule has 7 rings (SSSR count). The average Bonchev–Trinajstić information content (AvgIpc) is 3.68. The number of aryl methyl sites for hydroxylation is 2. The Morgan fingerprint density at radius 3 is 1.88 bits per heavy atom. The summed E-state index contributed by atoms with van der Waals surface area (Å²) in [5.74, 6) is 0.445. The van der Waals surface area contributed by atoms with E-state index in [0.717, 1.165) is 44.6 Å². The number of nitrogens with zero attached hydrogens (tertiary/aromatic N) is 5. The molecule has 0 amide bonds. The van der Waals surface area contributed by atoms with Crippen molar-refractivity contribution in [2.45, 2.75) is 26.0 Å². The first-order valence-corrected chi connectivity index (χ1v) is 17.0. The molecule has 0 unspecified atom stereocenters. The maximum Gasteiger partial charge on any atom is 0.344 e. The molecular weight excluding hydrogens is 647 g/mol. The number of aromatic nitrogens is 5. The lowest BCUT2D eigenvalue weighted by atomic mass is 9.77. The van der Waals surface area contributed by atoms with Crippen LogP contribution in [0.1, 0.15) is 44.0 Å². The molecule has 7 aromatic rings. The van der Waals surface area contributed by atoms with Crippen molar-refractivity contribution < 1.29 is 14.3 Å². The Morgan fingerprint density at radius 2 is 1.31 bits per heavy atom. The molecule has 0 saturated carbocycles. The van der Waals surface area contributed by atoms with E-state index >= 15 is 0 Å². The van der Waals surface area contributed by atoms with Gasteiger partial charge >= 0.3 is 5.97 Å². The van der Waals surface area contributed by atoms with E-state index in [1.807, 2.05) is 104 Å². The summed E-state index contributed by atoms with van der Waals surface area (Å²) in [7, 11) is 0. The number of hydrogen-bond acceptors (Lipinski definition) is 7. The molecule has 256 valence electrons. The van der Waals surface area contributed by atoms with Crippen LogP contribution in [0.25, 0.3) is 22.5 Å². The fourth-order valence-electron chi connectivity index (χ4n) is 6.58. The van der Waals surface area contributed by atoms with Crippen LogP contribution in [0.2, 0.25) is 0 Å². The standard InChI is InChI=1S/C44H37N5O3/c1-4-28-51-43(50)41-32(3)45-31(2)29-40(41)52-30-33-24-26-34(27-25-33)38-22-14-15-23-39(38)42-46-48-49(47-42)44(35-16-8-5-9-17-35,36-18-10-6-11-19-36)37-20-12-7-13-21-37/h4-27,29H,1,28,30H2,2-3H3. The van der Waals surface area contributed by atoms with Crippen molar-refractivity contribution in [3.05, 3.63) is 197 Å². The lowest BCUT2D eigenvalue weighted by molar-refractivity contribution is 0.0543. The Hall–Kier alpha value is -6.67. The molecule has 5 aromatic carbocycles. The first kappa shape index (κ1) is 33.8. The Kier molecular flexibility index (Phi) is 9.79. The molecule has 0 aliphatic carbocycles. The van der Waals surface area contributed by atoms with Crippen LogP contribution in [-0.4, -0.2) is 37.8 Å². The molecule has 2 aromatic heterocycles. The topological polar surface area (TPSA) is 92.0 Å². The predicted molar refractivity (Wildman–Crippen MR) is 202 cm³/mol. The van der Waals surface area contributed by atoms with Crippen LogP contribution in [-0.2, 0) is 16.9 Å². The van der Waals surface area contributed by atoms with Crippen molar-refractivity contribution in [3.8, 4) is 28.3 Å². The van der Waals surface area contributed by atoms with E-state index in [2.05, 4.69) is 59.1 Å². The maximum atomic E-state index is 12.8. The average molecular weight is 684 g/mol. The van der Waals surface area contributed by atoms with Gasteiger partial charge in [-0.2, -0.15) is 0 Å². The van der Waals surface area contributed by atoms with Crippen LogP contribution in [0.5, 0.6) is 5.75 Å². The molecular formula is C44H37N5O3. The molecule has 0 saturated heterocycles. The SMILES string of the molecule is C=CCOC(=O)c1c(OCc2ccc(-c3ccccc3-c3nnn(C(c4ccccc4)(c4ccccc4)c4ccccc4)n3)cc2)cc(C)nc1C. The molecule has 0 aliphatic rings. The molecule has 0 N–H and O–H groups in total. The number of esters is 1. The van der Waals surface area contributed by atoms with Gasteiger partial charge in [0.05, 0.1) is 5.69 Å². The quantitative estimate of drug-likeness (QED) is 0.0722. The molecule has 0 bridgehead atoms. The molecule has 0 atom stereocenters. The zero-order valence-corrected chi connectivity index (χ0v) is 29.0. The van der Waals surface area contributed by atoms with E-state index in [0.29, 0.717) is 22.8 Å². The van der Waals surface area contributed by atoms with Gasteiger partial charge in [0.25, 0.3) is 0 Å².